The van der Waals surface area contributed by atoms with E-state index in [9.17, 15) is 0 Å². The molecule has 0 N–H and O–H groups in total. The zero-order valence-electron chi connectivity index (χ0n) is 20.5. The molecule has 0 aromatic rings. The molecule has 0 aromatic carbocycles. The Morgan fingerprint density at radius 1 is 0.714 bits per heavy atom. The summed E-state index contributed by atoms with van der Waals surface area (Å²) in [5.74, 6) is 0. The van der Waals surface area contributed by atoms with Crippen LogP contribution in [0.5, 0.6) is 0 Å². The molecule has 0 aliphatic rings. The maximum Gasteiger partial charge on any atom is 0.0686 e. The molecule has 0 fully saturated rings. The van der Waals surface area contributed by atoms with Crippen molar-refractivity contribution < 1.29 is 4.74 Å². The second-order valence-corrected chi connectivity index (χ2v) is 12.6. The molecule has 0 aliphatic carbocycles. The zero-order valence-corrected chi connectivity index (χ0v) is 22.8. The predicted octanol–water partition coefficient (Wildman–Crippen LogP) is 8.80. The van der Waals surface area contributed by atoms with E-state index in [4.69, 9.17) is 4.74 Å². The summed E-state index contributed by atoms with van der Waals surface area (Å²) in [6.07, 6.45) is 17.6. The van der Waals surface area contributed by atoms with Crippen LogP contribution in [0.4, 0.5) is 0 Å². The first kappa shape index (κ1) is 28.8. The third kappa shape index (κ3) is 11.3. The molecule has 5 atom stereocenters. The molecule has 0 radical (unpaired) electrons. The van der Waals surface area contributed by atoms with Gasteiger partial charge in [-0.25, -0.2) is 0 Å². The summed E-state index contributed by atoms with van der Waals surface area (Å²) in [7, 11) is 6.15. The Balaban J connectivity index is 4.77. The van der Waals surface area contributed by atoms with Gasteiger partial charge in [0, 0.05) is 6.61 Å². The summed E-state index contributed by atoms with van der Waals surface area (Å²) < 4.78 is 6.30. The van der Waals surface area contributed by atoms with E-state index >= 15 is 0 Å². The van der Waals surface area contributed by atoms with Gasteiger partial charge in [0.05, 0.1) is 5.60 Å². The molecule has 1 nitrogen and oxygen atoms in total. The Morgan fingerprint density at radius 3 is 1.61 bits per heavy atom. The van der Waals surface area contributed by atoms with Crippen molar-refractivity contribution >= 4 is 18.5 Å². The summed E-state index contributed by atoms with van der Waals surface area (Å²) in [6.45, 7) is 17.1. The van der Waals surface area contributed by atoms with Gasteiger partial charge in [-0.15, -0.1) is 18.5 Å². The molecule has 0 aromatic heterocycles. The van der Waals surface area contributed by atoms with Gasteiger partial charge in [-0.2, -0.15) is 0 Å². The van der Waals surface area contributed by atoms with Crippen LogP contribution in [-0.2, 0) is 4.74 Å². The molecule has 170 valence electrons. The zero-order chi connectivity index (χ0) is 21.7. The van der Waals surface area contributed by atoms with Gasteiger partial charge >= 0.3 is 0 Å². The third-order valence-corrected chi connectivity index (χ3v) is 9.02. The van der Waals surface area contributed by atoms with E-state index < -0.39 is 0 Å². The van der Waals surface area contributed by atoms with E-state index in [0.29, 0.717) is 11.1 Å². The molecule has 5 unspecified atom stereocenters. The number of hydrogen-bond acceptors (Lipinski definition) is 1. The van der Waals surface area contributed by atoms with Crippen LogP contribution in [0.15, 0.2) is 0 Å². The lowest BCUT2D eigenvalue weighted by Gasteiger charge is -2.46. The summed E-state index contributed by atoms with van der Waals surface area (Å²) >= 11 is 0. The lowest BCUT2D eigenvalue weighted by atomic mass is 9.68. The highest BCUT2D eigenvalue weighted by Gasteiger charge is 2.40. The first-order chi connectivity index (χ1) is 13.0. The second kappa shape index (κ2) is 14.8. The van der Waals surface area contributed by atoms with Gasteiger partial charge in [-0.1, -0.05) is 98.8 Å². The minimum Gasteiger partial charge on any atom is -0.375 e. The molecule has 0 aliphatic heterocycles. The molecule has 0 spiro atoms. The molecule has 3 heteroatoms. The van der Waals surface area contributed by atoms with Gasteiger partial charge < -0.3 is 4.74 Å². The third-order valence-electron chi connectivity index (χ3n) is 7.24. The van der Waals surface area contributed by atoms with Crippen molar-refractivity contribution in [2.75, 3.05) is 6.61 Å². The highest BCUT2D eigenvalue weighted by Crippen LogP contribution is 2.49. The van der Waals surface area contributed by atoms with E-state index in [2.05, 4.69) is 66.9 Å². The fourth-order valence-electron chi connectivity index (χ4n) is 3.89. The molecule has 0 rings (SSSR count). The van der Waals surface area contributed by atoms with E-state index in [1.165, 1.54) is 77.0 Å². The molecule has 0 heterocycles. The fourth-order valence-corrected chi connectivity index (χ4v) is 4.40. The Kier molecular flexibility index (Phi) is 15.2. The first-order valence-electron chi connectivity index (χ1n) is 12.2. The topological polar surface area (TPSA) is 9.23 Å². The Hall–Kier alpha value is 0.820. The van der Waals surface area contributed by atoms with Crippen molar-refractivity contribution in [3.63, 3.8) is 0 Å². The van der Waals surface area contributed by atoms with Crippen molar-refractivity contribution in [1.29, 1.82) is 0 Å². The van der Waals surface area contributed by atoms with Crippen LogP contribution in [0.3, 0.4) is 0 Å². The summed E-state index contributed by atoms with van der Waals surface area (Å²) in [6, 6.07) is 0. The van der Waals surface area contributed by atoms with Crippen LogP contribution in [0.2, 0.25) is 0 Å². The van der Waals surface area contributed by atoms with Gasteiger partial charge in [0.25, 0.3) is 0 Å². The van der Waals surface area contributed by atoms with Gasteiger partial charge in [0.2, 0.25) is 0 Å². The van der Waals surface area contributed by atoms with Crippen molar-refractivity contribution in [1.82, 2.24) is 0 Å². The van der Waals surface area contributed by atoms with Crippen LogP contribution < -0.4 is 0 Å². The van der Waals surface area contributed by atoms with Crippen LogP contribution >= 0.6 is 18.5 Å². The lowest BCUT2D eigenvalue weighted by molar-refractivity contribution is -0.0256. The predicted molar refractivity (Wildman–Crippen MR) is 137 cm³/mol. The Bertz CT molecular complexity index is 379. The normalized spacial score (nSPS) is 17.9. The van der Waals surface area contributed by atoms with Crippen molar-refractivity contribution in [3.8, 4) is 0 Å². The number of hydrogen-bond donors (Lipinski definition) is 0. The van der Waals surface area contributed by atoms with E-state index in [1.54, 1.807) is 0 Å². The molecule has 0 bridgehead atoms. The van der Waals surface area contributed by atoms with Crippen LogP contribution in [0.25, 0.3) is 0 Å². The highest BCUT2D eigenvalue weighted by atomic mass is 31.0. The standard InChI is InChI=1S/C25H54OP2/c1-8-10-12-14-15-17-19-24(6,18-16-13-11-9-2)25(7,28)20-21-26-23(4,5)22(3)27/h22H,8-21,27-28H2,1-7H3. The fraction of sp³-hybridized carbons (Fsp3) is 1.00. The largest absolute Gasteiger partial charge is 0.375 e. The Labute approximate surface area is 183 Å². The van der Waals surface area contributed by atoms with E-state index in [-0.39, 0.29) is 10.8 Å². The molecule has 0 saturated heterocycles. The van der Waals surface area contributed by atoms with Crippen LogP contribution in [0.1, 0.15) is 132 Å². The van der Waals surface area contributed by atoms with Gasteiger partial charge in [0.1, 0.15) is 0 Å². The lowest BCUT2D eigenvalue weighted by Crippen LogP contribution is -2.41. The van der Waals surface area contributed by atoms with Crippen molar-refractivity contribution in [2.45, 2.75) is 148 Å². The molecular formula is C25H54OP2. The minimum absolute atomic E-state index is 0.0672. The number of rotatable bonds is 18. The Morgan fingerprint density at radius 2 is 1.14 bits per heavy atom. The monoisotopic (exact) mass is 432 g/mol. The quantitative estimate of drug-likeness (QED) is 0.155. The maximum absolute atomic E-state index is 6.30. The first-order valence-corrected chi connectivity index (χ1v) is 13.4. The summed E-state index contributed by atoms with van der Waals surface area (Å²) in [5, 5.41) is 0.239. The smallest absolute Gasteiger partial charge is 0.0686 e. The number of ether oxygens (including phenoxy) is 1. The van der Waals surface area contributed by atoms with Crippen molar-refractivity contribution in [2.24, 2.45) is 5.41 Å². The highest BCUT2D eigenvalue weighted by molar-refractivity contribution is 7.19. The summed E-state index contributed by atoms with van der Waals surface area (Å²) in [5.41, 5.74) is 0.783. The molecule has 28 heavy (non-hydrogen) atoms. The molecule has 0 saturated carbocycles. The second-order valence-electron chi connectivity index (χ2n) is 10.3. The maximum atomic E-state index is 6.30. The van der Waals surface area contributed by atoms with E-state index in [0.717, 1.165) is 13.0 Å². The van der Waals surface area contributed by atoms with Gasteiger partial charge in [-0.3, -0.25) is 0 Å². The average molecular weight is 433 g/mol. The average Bonchev–Trinajstić information content (AvgIpc) is 2.61. The minimum atomic E-state index is -0.0672. The molecular weight excluding hydrogens is 378 g/mol. The summed E-state index contributed by atoms with van der Waals surface area (Å²) in [4.78, 5) is 0. The van der Waals surface area contributed by atoms with E-state index in [1.807, 2.05) is 0 Å². The van der Waals surface area contributed by atoms with Gasteiger partial charge in [-0.05, 0) is 49.3 Å². The molecule has 0 amide bonds. The number of unbranched alkanes of at least 4 members (excludes halogenated alkanes) is 8. The van der Waals surface area contributed by atoms with Crippen LogP contribution in [0, 0.1) is 5.41 Å². The van der Waals surface area contributed by atoms with Crippen LogP contribution in [-0.4, -0.2) is 23.0 Å². The van der Waals surface area contributed by atoms with Gasteiger partial charge in [0.15, 0.2) is 0 Å². The SMILES string of the molecule is CCCCCCCCC(C)(CCCCCC)C(C)(P)CCOC(C)(C)C(C)P. The van der Waals surface area contributed by atoms with Crippen molar-refractivity contribution in [3.05, 3.63) is 0 Å².